The van der Waals surface area contributed by atoms with Crippen LogP contribution in [0, 0.1) is 5.92 Å². The zero-order valence-electron chi connectivity index (χ0n) is 27.1. The van der Waals surface area contributed by atoms with E-state index in [9.17, 15) is 27.9 Å². The number of benzene rings is 1. The van der Waals surface area contributed by atoms with Crippen LogP contribution in [0.15, 0.2) is 30.6 Å². The number of carbonyl (C=O) groups excluding carboxylic acids is 2. The fourth-order valence-electron chi connectivity index (χ4n) is 6.55. The van der Waals surface area contributed by atoms with Gasteiger partial charge in [-0.25, -0.2) is 15.0 Å². The molecule has 0 aliphatic carbocycles. The van der Waals surface area contributed by atoms with Crippen molar-refractivity contribution in [1.82, 2.24) is 19.9 Å². The summed E-state index contributed by atoms with van der Waals surface area (Å²) < 4.78 is 53.8. The molecule has 3 fully saturated rings. The Bertz CT molecular complexity index is 1580. The fourth-order valence-corrected chi connectivity index (χ4v) is 7.66. The van der Waals surface area contributed by atoms with Gasteiger partial charge in [-0.2, -0.15) is 13.2 Å². The van der Waals surface area contributed by atoms with Crippen molar-refractivity contribution >= 4 is 28.9 Å². The molecule has 6 rings (SSSR count). The molecule has 0 amide bonds. The molecule has 0 bridgehead atoms. The Hall–Kier alpha value is -2.62. The Balaban J connectivity index is 0.00000451. The molecular weight excluding hydrogens is 658 g/mol. The largest absolute Gasteiger partial charge is 1.00 e. The average Bonchev–Trinajstić information content (AvgIpc) is 3.83. The first-order valence-electron chi connectivity index (χ1n) is 16.1. The predicted molar refractivity (Wildman–Crippen MR) is 166 cm³/mol. The van der Waals surface area contributed by atoms with Crippen LogP contribution in [0.5, 0.6) is 5.75 Å². The number of ether oxygens (including phenoxy) is 2. The van der Waals surface area contributed by atoms with E-state index in [1.165, 1.54) is 29.8 Å². The van der Waals surface area contributed by atoms with Crippen LogP contribution in [0.3, 0.4) is 0 Å². The molecule has 3 aromatic rings. The van der Waals surface area contributed by atoms with Crippen molar-refractivity contribution in [3.8, 4) is 17.0 Å². The Morgan fingerprint density at radius 2 is 1.90 bits per heavy atom. The molecule has 3 aliphatic rings. The van der Waals surface area contributed by atoms with Crippen molar-refractivity contribution < 1.29 is 66.9 Å². The van der Waals surface area contributed by atoms with Crippen LogP contribution in [-0.2, 0) is 28.7 Å². The molecule has 5 heterocycles. The van der Waals surface area contributed by atoms with Crippen molar-refractivity contribution in [2.24, 2.45) is 5.92 Å². The van der Waals surface area contributed by atoms with E-state index < -0.39 is 29.7 Å². The number of thiazole rings is 1. The minimum atomic E-state index is -4.64. The smallest absolute Gasteiger partial charge is 0.550 e. The topological polar surface area (TPSA) is 121 Å². The number of nitrogens with zero attached hydrogens (tertiary/aromatic N) is 5. The molecule has 3 aliphatic heterocycles. The van der Waals surface area contributed by atoms with Gasteiger partial charge in [0.2, 0.25) is 0 Å². The number of aromatic nitrogens is 3. The van der Waals surface area contributed by atoms with Gasteiger partial charge in [0.1, 0.15) is 28.4 Å². The minimum Gasteiger partial charge on any atom is -0.550 e. The minimum absolute atomic E-state index is 0. The second-order valence-electron chi connectivity index (χ2n) is 12.3. The third-order valence-electron chi connectivity index (χ3n) is 9.19. The summed E-state index contributed by atoms with van der Waals surface area (Å²) >= 11 is 1.34. The number of carbonyl (C=O) groups is 2. The van der Waals surface area contributed by atoms with Gasteiger partial charge in [-0.1, -0.05) is 6.92 Å². The molecular formula is C33H37F3N5NaO5S. The molecule has 0 radical (unpaired) electrons. The number of halogens is 3. The van der Waals surface area contributed by atoms with Crippen molar-refractivity contribution in [2.45, 2.75) is 76.7 Å². The van der Waals surface area contributed by atoms with Crippen molar-refractivity contribution in [1.29, 1.82) is 0 Å². The zero-order valence-corrected chi connectivity index (χ0v) is 29.9. The number of carboxylic acid groups (broad SMARTS) is 1. The summed E-state index contributed by atoms with van der Waals surface area (Å²) in [6, 6.07) is 4.43. The van der Waals surface area contributed by atoms with E-state index in [0.717, 1.165) is 36.8 Å². The molecule has 2 atom stereocenters. The quantitative estimate of drug-likeness (QED) is 0.216. The van der Waals surface area contributed by atoms with Gasteiger partial charge in [0.25, 0.3) is 0 Å². The molecule has 15 heteroatoms. The summed E-state index contributed by atoms with van der Waals surface area (Å²) in [6.07, 6.45) is 2.26. The monoisotopic (exact) mass is 695 g/mol. The number of hydrogen-bond donors (Lipinski definition) is 0. The standard InChI is InChI=1S/C33H38F3N5O5S.Na/c1-2-22-4-3-10-41(22)18-28-31(21-5-6-27(24(14-21)33(34,35)36)46-23-9-13-45-19-23)39-30(47-28)15-26(42)25-16-38-29(17-37-25)40-11-7-20(8-12-40)32(43)44;/h5-6,14,16-17,20,22-23H,2-4,7-13,15,18-19H2,1H3,(H,43,44);/q;+1/p-1/t22-,23-;/m1./s1. The van der Waals surface area contributed by atoms with Crippen molar-refractivity contribution in [2.75, 3.05) is 37.7 Å². The Morgan fingerprint density at radius 3 is 2.54 bits per heavy atom. The van der Waals surface area contributed by atoms with Gasteiger partial charge in [-0.3, -0.25) is 9.69 Å². The van der Waals surface area contributed by atoms with E-state index in [2.05, 4.69) is 21.8 Å². The zero-order chi connectivity index (χ0) is 33.1. The van der Waals surface area contributed by atoms with Gasteiger partial charge in [-0.15, -0.1) is 11.3 Å². The molecule has 252 valence electrons. The number of anilines is 1. The molecule has 3 saturated heterocycles. The van der Waals surface area contributed by atoms with Gasteiger partial charge in [0.15, 0.2) is 5.78 Å². The van der Waals surface area contributed by atoms with Crippen LogP contribution in [0.2, 0.25) is 0 Å². The number of likely N-dealkylation sites (tertiary alicyclic amines) is 1. The van der Waals surface area contributed by atoms with E-state index in [-0.39, 0.29) is 59.8 Å². The van der Waals surface area contributed by atoms with Crippen LogP contribution in [0.1, 0.15) is 71.4 Å². The first kappa shape index (κ1) is 36.7. The van der Waals surface area contributed by atoms with E-state index in [1.54, 1.807) is 6.07 Å². The fraction of sp³-hybridized carbons (Fsp3) is 0.545. The summed E-state index contributed by atoms with van der Waals surface area (Å²) in [5.74, 6) is -1.51. The van der Waals surface area contributed by atoms with Gasteiger partial charge in [0, 0.05) is 54.4 Å². The third kappa shape index (κ3) is 8.56. The molecule has 0 N–H and O–H groups in total. The van der Waals surface area contributed by atoms with E-state index in [0.29, 0.717) is 73.6 Å². The molecule has 0 saturated carbocycles. The number of alkyl halides is 3. The van der Waals surface area contributed by atoms with E-state index in [4.69, 9.17) is 14.5 Å². The molecule has 48 heavy (non-hydrogen) atoms. The first-order valence-corrected chi connectivity index (χ1v) is 16.9. The van der Waals surface area contributed by atoms with Crippen molar-refractivity contribution in [3.63, 3.8) is 0 Å². The number of aliphatic carboxylic acids is 1. The molecule has 1 aromatic carbocycles. The van der Waals surface area contributed by atoms with Gasteiger partial charge < -0.3 is 24.3 Å². The van der Waals surface area contributed by atoms with Crippen LogP contribution in [0.4, 0.5) is 19.0 Å². The molecule has 2 aromatic heterocycles. The Labute approximate surface area is 303 Å². The third-order valence-corrected chi connectivity index (χ3v) is 10.2. The maximum Gasteiger partial charge on any atom is 1.00 e. The second kappa shape index (κ2) is 15.9. The summed E-state index contributed by atoms with van der Waals surface area (Å²) in [7, 11) is 0. The van der Waals surface area contributed by atoms with Gasteiger partial charge >= 0.3 is 35.7 Å². The van der Waals surface area contributed by atoms with Gasteiger partial charge in [-0.05, 0) is 56.8 Å². The Kier molecular flexibility index (Phi) is 12.2. The normalized spacial score (nSPS) is 20.5. The number of piperidine rings is 1. The maximum atomic E-state index is 14.3. The number of ketones is 1. The number of carboxylic acids is 1. The maximum absolute atomic E-state index is 14.3. The number of hydrogen-bond acceptors (Lipinski definition) is 11. The summed E-state index contributed by atoms with van der Waals surface area (Å²) in [6.45, 7) is 5.25. The molecule has 0 unspecified atom stereocenters. The average molecular weight is 696 g/mol. The first-order chi connectivity index (χ1) is 22.6. The predicted octanol–water partition coefficient (Wildman–Crippen LogP) is 1.56. The SMILES string of the molecule is CC[C@@H]1CCCN1Cc1sc(CC(=O)c2cnc(N3CCC(C(=O)[O-])CC3)cn2)nc1-c1ccc(O[C@@H]2CCOC2)c(C(F)(F)F)c1.[Na+]. The van der Waals surface area contributed by atoms with E-state index in [1.807, 2.05) is 4.90 Å². The Morgan fingerprint density at radius 1 is 1.10 bits per heavy atom. The van der Waals surface area contributed by atoms with Crippen LogP contribution < -0.4 is 44.3 Å². The number of Topliss-reactive ketones (excluding diaryl/α,β-unsaturated/α-hetero) is 1. The number of rotatable bonds is 11. The summed E-state index contributed by atoms with van der Waals surface area (Å²) in [4.78, 5) is 43.0. The van der Waals surface area contributed by atoms with Crippen LogP contribution >= 0.6 is 11.3 Å². The van der Waals surface area contributed by atoms with Crippen molar-refractivity contribution in [3.05, 3.63) is 51.7 Å². The second-order valence-corrected chi connectivity index (χ2v) is 13.5. The molecule has 0 spiro atoms. The van der Waals surface area contributed by atoms with Crippen LogP contribution in [0.25, 0.3) is 11.3 Å². The summed E-state index contributed by atoms with van der Waals surface area (Å²) in [5.41, 5.74) is 0.0302. The van der Waals surface area contributed by atoms with E-state index >= 15 is 0 Å². The summed E-state index contributed by atoms with van der Waals surface area (Å²) in [5, 5.41) is 11.6. The molecule has 10 nitrogen and oxygen atoms in total. The van der Waals surface area contributed by atoms with Crippen LogP contribution in [-0.4, -0.2) is 76.6 Å². The van der Waals surface area contributed by atoms with Gasteiger partial charge in [0.05, 0.1) is 43.3 Å².